The topological polar surface area (TPSA) is 90.4 Å². The number of hydrogen-bond donors (Lipinski definition) is 1. The number of halogens is 1. The molecule has 2 aliphatic rings. The summed E-state index contributed by atoms with van der Waals surface area (Å²) in [4.78, 5) is 43.0. The first kappa shape index (κ1) is 34.1. The van der Waals surface area contributed by atoms with Crippen molar-refractivity contribution >= 4 is 29.5 Å². The maximum absolute atomic E-state index is 13.1. The van der Waals surface area contributed by atoms with E-state index in [4.69, 9.17) is 4.74 Å². The molecule has 0 saturated carbocycles. The van der Waals surface area contributed by atoms with Gasteiger partial charge < -0.3 is 19.6 Å². The van der Waals surface area contributed by atoms with E-state index in [0.29, 0.717) is 38.9 Å². The quantitative estimate of drug-likeness (QED) is 0.153. The van der Waals surface area contributed by atoms with Crippen LogP contribution in [0.2, 0.25) is 0 Å². The Balaban J connectivity index is 1.23. The van der Waals surface area contributed by atoms with Crippen LogP contribution < -0.4 is 0 Å². The van der Waals surface area contributed by atoms with Crippen molar-refractivity contribution in [2.24, 2.45) is 0 Å². The highest BCUT2D eigenvalue weighted by atomic mass is 32.2. The van der Waals surface area contributed by atoms with E-state index in [9.17, 15) is 23.9 Å². The van der Waals surface area contributed by atoms with Gasteiger partial charge in [-0.05, 0) is 49.3 Å². The Morgan fingerprint density at radius 1 is 1.07 bits per heavy atom. The van der Waals surface area contributed by atoms with Crippen molar-refractivity contribution in [1.82, 2.24) is 14.7 Å². The Morgan fingerprint density at radius 3 is 2.57 bits per heavy atom. The zero-order valence-electron chi connectivity index (χ0n) is 25.1. The van der Waals surface area contributed by atoms with E-state index in [0.717, 1.165) is 43.1 Å². The van der Waals surface area contributed by atoms with Crippen LogP contribution in [-0.4, -0.2) is 107 Å². The van der Waals surface area contributed by atoms with Gasteiger partial charge in [-0.15, -0.1) is 0 Å². The summed E-state index contributed by atoms with van der Waals surface area (Å²) in [5.41, 5.74) is 0.849. The smallest absolute Gasteiger partial charge is 0.306 e. The first-order valence-corrected chi connectivity index (χ1v) is 16.6. The van der Waals surface area contributed by atoms with Gasteiger partial charge in [0.25, 0.3) is 5.91 Å². The second-order valence-electron chi connectivity index (χ2n) is 11.1. The number of piperazine rings is 1. The molecule has 0 spiro atoms. The highest BCUT2D eigenvalue weighted by Gasteiger charge is 2.28. The van der Waals surface area contributed by atoms with Crippen molar-refractivity contribution in [2.45, 2.75) is 76.9 Å². The van der Waals surface area contributed by atoms with E-state index < -0.39 is 6.10 Å². The van der Waals surface area contributed by atoms with Gasteiger partial charge in [0.15, 0.2) is 6.61 Å². The number of amides is 2. The fraction of sp³-hybridized carbons (Fsp3) is 0.656. The van der Waals surface area contributed by atoms with Crippen molar-refractivity contribution in [3.8, 4) is 0 Å². The average Bonchev–Trinajstić information content (AvgIpc) is 3.35. The molecular formula is C32H48FN3O5S. The molecule has 2 atom stereocenters. The fourth-order valence-corrected chi connectivity index (χ4v) is 6.18. The Hall–Kier alpha value is -2.43. The summed E-state index contributed by atoms with van der Waals surface area (Å²) in [7, 11) is 0. The van der Waals surface area contributed by atoms with Gasteiger partial charge in [0.1, 0.15) is 5.82 Å². The third kappa shape index (κ3) is 12.4. The van der Waals surface area contributed by atoms with Crippen LogP contribution in [0.5, 0.6) is 0 Å². The molecule has 2 heterocycles. The molecule has 0 unspecified atom stereocenters. The summed E-state index contributed by atoms with van der Waals surface area (Å²) in [6.07, 6.45) is 10.4. The molecule has 8 nitrogen and oxygen atoms in total. The van der Waals surface area contributed by atoms with Crippen LogP contribution in [0.4, 0.5) is 4.39 Å². The molecule has 2 saturated heterocycles. The van der Waals surface area contributed by atoms with Crippen molar-refractivity contribution in [1.29, 1.82) is 0 Å². The number of carbonyl (C=O) groups is 3. The van der Waals surface area contributed by atoms with Crippen LogP contribution in [0.15, 0.2) is 36.4 Å². The molecule has 234 valence electrons. The first-order chi connectivity index (χ1) is 20.4. The zero-order valence-corrected chi connectivity index (χ0v) is 25.9. The number of hydrogen-bond acceptors (Lipinski definition) is 7. The molecule has 0 aliphatic carbocycles. The fourth-order valence-electron chi connectivity index (χ4n) is 5.31. The lowest BCUT2D eigenvalue weighted by atomic mass is 10.1. The molecule has 1 aromatic carbocycles. The van der Waals surface area contributed by atoms with Crippen LogP contribution in [0.1, 0.15) is 63.9 Å². The Morgan fingerprint density at radius 2 is 1.83 bits per heavy atom. The number of aliphatic hydroxyl groups excluding tert-OH is 1. The summed E-state index contributed by atoms with van der Waals surface area (Å²) < 4.78 is 18.3. The molecule has 0 bridgehead atoms. The van der Waals surface area contributed by atoms with E-state index in [1.165, 1.54) is 37.8 Å². The van der Waals surface area contributed by atoms with E-state index in [1.54, 1.807) is 34.9 Å². The van der Waals surface area contributed by atoms with Gasteiger partial charge in [-0.25, -0.2) is 4.39 Å². The molecule has 1 N–H and O–H groups in total. The second-order valence-corrected chi connectivity index (χ2v) is 12.4. The normalized spacial score (nSPS) is 18.6. The third-order valence-corrected chi connectivity index (χ3v) is 8.89. The van der Waals surface area contributed by atoms with Crippen molar-refractivity contribution in [2.75, 3.05) is 57.4 Å². The van der Waals surface area contributed by atoms with Crippen LogP contribution in [0, 0.1) is 5.82 Å². The molecular weight excluding hydrogens is 557 g/mol. The van der Waals surface area contributed by atoms with Gasteiger partial charge in [0.2, 0.25) is 5.91 Å². The van der Waals surface area contributed by atoms with Gasteiger partial charge in [0, 0.05) is 57.7 Å². The van der Waals surface area contributed by atoms with E-state index in [1.807, 2.05) is 11.0 Å². The average molecular weight is 606 g/mol. The minimum absolute atomic E-state index is 0.0396. The summed E-state index contributed by atoms with van der Waals surface area (Å²) in [6, 6.07) is 6.04. The first-order valence-electron chi connectivity index (χ1n) is 15.5. The predicted molar refractivity (Wildman–Crippen MR) is 165 cm³/mol. The minimum Gasteiger partial charge on any atom is -0.456 e. The lowest BCUT2D eigenvalue weighted by Crippen LogP contribution is -2.49. The lowest BCUT2D eigenvalue weighted by Gasteiger charge is -2.34. The van der Waals surface area contributed by atoms with Gasteiger partial charge in [0.05, 0.1) is 12.1 Å². The second kappa shape index (κ2) is 19.0. The SMILES string of the molecule is CCCCCCN1CCN(C(=O)COC(=O)CCCSCCN2C(=O)CC[C@@H]2/C=C/[C@@H](O)Cc2ccc(F)cc2)CC1. The number of aliphatic hydroxyl groups is 1. The Kier molecular flexibility index (Phi) is 15.4. The Labute approximate surface area is 254 Å². The molecule has 3 rings (SSSR count). The highest BCUT2D eigenvalue weighted by molar-refractivity contribution is 7.99. The highest BCUT2D eigenvalue weighted by Crippen LogP contribution is 2.21. The van der Waals surface area contributed by atoms with E-state index >= 15 is 0 Å². The number of carbonyl (C=O) groups excluding carboxylic acids is 3. The summed E-state index contributed by atoms with van der Waals surface area (Å²) in [5.74, 6) is 0.859. The molecule has 2 fully saturated rings. The number of nitrogens with zero attached hydrogens (tertiary/aromatic N) is 3. The van der Waals surface area contributed by atoms with Crippen LogP contribution in [0.25, 0.3) is 0 Å². The van der Waals surface area contributed by atoms with Crippen molar-refractivity contribution < 1.29 is 28.6 Å². The minimum atomic E-state index is -0.701. The number of esters is 1. The van der Waals surface area contributed by atoms with Crippen molar-refractivity contribution in [3.63, 3.8) is 0 Å². The number of unbranched alkanes of at least 4 members (excludes halogenated alkanes) is 3. The number of benzene rings is 1. The number of ether oxygens (including phenoxy) is 1. The van der Waals surface area contributed by atoms with Gasteiger partial charge in [-0.1, -0.05) is 50.5 Å². The molecule has 10 heteroatoms. The third-order valence-electron chi connectivity index (χ3n) is 7.84. The lowest BCUT2D eigenvalue weighted by molar-refractivity contribution is -0.152. The summed E-state index contributed by atoms with van der Waals surface area (Å²) in [5, 5.41) is 10.3. The molecule has 1 aromatic rings. The van der Waals surface area contributed by atoms with Crippen molar-refractivity contribution in [3.05, 3.63) is 47.8 Å². The van der Waals surface area contributed by atoms with Gasteiger partial charge in [-0.3, -0.25) is 19.3 Å². The summed E-state index contributed by atoms with van der Waals surface area (Å²) >= 11 is 1.68. The molecule has 0 aromatic heterocycles. The predicted octanol–water partition coefficient (Wildman–Crippen LogP) is 4.06. The molecule has 42 heavy (non-hydrogen) atoms. The Bertz CT molecular complexity index is 1000. The zero-order chi connectivity index (χ0) is 30.2. The molecule has 2 aliphatic heterocycles. The van der Waals surface area contributed by atoms with E-state index in [2.05, 4.69) is 11.8 Å². The standard InChI is InChI=1S/C32H48FN3O5S/c1-2-3-4-5-16-34-17-19-35(20-18-34)31(39)25-41-32(40)7-6-22-42-23-21-36-28(13-15-30(36)38)12-14-29(37)24-26-8-10-27(33)11-9-26/h8-12,14,28-29,37H,2-7,13,15-25H2,1H3/b14-12+/t28-,29+/m0/s1. The monoisotopic (exact) mass is 605 g/mol. The van der Waals surface area contributed by atoms with Crippen LogP contribution in [-0.2, 0) is 25.5 Å². The number of likely N-dealkylation sites (tertiary alicyclic amines) is 1. The molecule has 2 amide bonds. The summed E-state index contributed by atoms with van der Waals surface area (Å²) in [6.45, 7) is 6.85. The van der Waals surface area contributed by atoms with Gasteiger partial charge >= 0.3 is 5.97 Å². The number of rotatable bonds is 18. The largest absolute Gasteiger partial charge is 0.456 e. The van der Waals surface area contributed by atoms with Crippen LogP contribution in [0.3, 0.4) is 0 Å². The maximum Gasteiger partial charge on any atom is 0.306 e. The number of thioether (sulfide) groups is 1. The van der Waals surface area contributed by atoms with Crippen LogP contribution >= 0.6 is 11.8 Å². The maximum atomic E-state index is 13.1. The molecule has 0 radical (unpaired) electrons. The van der Waals surface area contributed by atoms with Gasteiger partial charge in [-0.2, -0.15) is 11.8 Å². The van der Waals surface area contributed by atoms with E-state index in [-0.39, 0.29) is 42.7 Å².